The minimum atomic E-state index is -4.93. The first-order chi connectivity index (χ1) is 12.7. The quantitative estimate of drug-likeness (QED) is 0.601. The molecule has 3 aromatic rings. The third-order valence-corrected chi connectivity index (χ3v) is 4.29. The number of carbonyl (C=O) groups excluding carboxylic acids is 1. The molecule has 7 heteroatoms. The van der Waals surface area contributed by atoms with E-state index in [1.165, 1.54) is 19.1 Å². The van der Waals surface area contributed by atoms with E-state index in [0.717, 1.165) is 5.56 Å². The fraction of sp³-hybridized carbons (Fsp3) is 0.300. The van der Waals surface area contributed by atoms with E-state index < -0.39 is 12.1 Å². The maximum Gasteiger partial charge on any atom is 0.471 e. The third kappa shape index (κ3) is 3.82. The van der Waals surface area contributed by atoms with Gasteiger partial charge in [0.25, 0.3) is 0 Å². The van der Waals surface area contributed by atoms with Crippen LogP contribution in [0.15, 0.2) is 46.9 Å². The summed E-state index contributed by atoms with van der Waals surface area (Å²) in [6, 6.07) is 11.9. The maximum absolute atomic E-state index is 12.8. The molecule has 1 amide bonds. The Hall–Kier alpha value is -2.83. The van der Waals surface area contributed by atoms with Crippen molar-refractivity contribution in [2.45, 2.75) is 32.9 Å². The van der Waals surface area contributed by atoms with E-state index in [2.05, 4.69) is 18.8 Å². The second kappa shape index (κ2) is 7.06. The van der Waals surface area contributed by atoms with Crippen LogP contribution in [0.3, 0.4) is 0 Å². The van der Waals surface area contributed by atoms with E-state index >= 15 is 0 Å². The molecule has 0 atom stereocenters. The van der Waals surface area contributed by atoms with Gasteiger partial charge < -0.3 is 9.32 Å². The first kappa shape index (κ1) is 18.9. The van der Waals surface area contributed by atoms with E-state index in [-0.39, 0.29) is 12.2 Å². The van der Waals surface area contributed by atoms with E-state index in [4.69, 9.17) is 4.42 Å². The molecular formula is C20H19F3N2O2. The minimum absolute atomic E-state index is 0.104. The van der Waals surface area contributed by atoms with Crippen molar-refractivity contribution in [3.63, 3.8) is 0 Å². The van der Waals surface area contributed by atoms with Crippen molar-refractivity contribution in [2.24, 2.45) is 0 Å². The Kier molecular flexibility index (Phi) is 4.95. The van der Waals surface area contributed by atoms with Crippen LogP contribution in [0.5, 0.6) is 0 Å². The smallest absolute Gasteiger partial charge is 0.436 e. The number of rotatable bonds is 4. The zero-order chi connectivity index (χ0) is 19.8. The summed E-state index contributed by atoms with van der Waals surface area (Å²) in [6.45, 7) is 5.53. The SMILES string of the molecule is CCN(C(=O)C(F)(F)F)c1cccc(-c2nc3cc(C(C)C)ccc3o2)c1. The van der Waals surface area contributed by atoms with Crippen LogP contribution in [0.4, 0.5) is 18.9 Å². The van der Waals surface area contributed by atoms with Gasteiger partial charge in [-0.25, -0.2) is 4.98 Å². The zero-order valence-electron chi connectivity index (χ0n) is 15.2. The van der Waals surface area contributed by atoms with Gasteiger partial charge in [-0.05, 0) is 48.7 Å². The molecule has 0 aliphatic heterocycles. The van der Waals surface area contributed by atoms with E-state index in [0.29, 0.717) is 33.4 Å². The summed E-state index contributed by atoms with van der Waals surface area (Å²) < 4.78 is 44.2. The lowest BCUT2D eigenvalue weighted by atomic mass is 10.0. The Balaban J connectivity index is 2.00. The average molecular weight is 376 g/mol. The van der Waals surface area contributed by atoms with Gasteiger partial charge in [-0.3, -0.25) is 4.79 Å². The van der Waals surface area contributed by atoms with Crippen LogP contribution in [0, 0.1) is 0 Å². The van der Waals surface area contributed by atoms with E-state index in [9.17, 15) is 18.0 Å². The van der Waals surface area contributed by atoms with Crippen molar-refractivity contribution >= 4 is 22.7 Å². The molecule has 0 N–H and O–H groups in total. The van der Waals surface area contributed by atoms with Gasteiger partial charge in [0.05, 0.1) is 0 Å². The fourth-order valence-corrected chi connectivity index (χ4v) is 2.83. The van der Waals surface area contributed by atoms with Crippen LogP contribution < -0.4 is 4.90 Å². The minimum Gasteiger partial charge on any atom is -0.436 e. The normalized spacial score (nSPS) is 12.0. The molecule has 0 unspecified atom stereocenters. The van der Waals surface area contributed by atoms with Crippen LogP contribution in [0.25, 0.3) is 22.6 Å². The molecule has 27 heavy (non-hydrogen) atoms. The number of amides is 1. The summed E-state index contributed by atoms with van der Waals surface area (Å²) in [4.78, 5) is 16.8. The highest BCUT2D eigenvalue weighted by Crippen LogP contribution is 2.30. The molecule has 0 saturated heterocycles. The van der Waals surface area contributed by atoms with Crippen LogP contribution in [0.1, 0.15) is 32.3 Å². The van der Waals surface area contributed by atoms with Gasteiger partial charge >= 0.3 is 12.1 Å². The molecule has 1 heterocycles. The lowest BCUT2D eigenvalue weighted by molar-refractivity contribution is -0.170. The van der Waals surface area contributed by atoms with Crippen LogP contribution >= 0.6 is 0 Å². The first-order valence-corrected chi connectivity index (χ1v) is 8.60. The van der Waals surface area contributed by atoms with Crippen molar-refractivity contribution in [3.05, 3.63) is 48.0 Å². The van der Waals surface area contributed by atoms with Gasteiger partial charge in [0.15, 0.2) is 5.58 Å². The Labute approximate surface area is 154 Å². The van der Waals surface area contributed by atoms with Gasteiger partial charge in [0.2, 0.25) is 5.89 Å². The number of fused-ring (bicyclic) bond motifs is 1. The largest absolute Gasteiger partial charge is 0.471 e. The Morgan fingerprint density at radius 2 is 1.93 bits per heavy atom. The second-order valence-corrected chi connectivity index (χ2v) is 6.50. The Morgan fingerprint density at radius 3 is 2.56 bits per heavy atom. The highest BCUT2D eigenvalue weighted by molar-refractivity contribution is 5.97. The number of hydrogen-bond acceptors (Lipinski definition) is 3. The van der Waals surface area contributed by atoms with E-state index in [1.54, 1.807) is 12.1 Å². The molecule has 1 aromatic heterocycles. The number of alkyl halides is 3. The predicted molar refractivity (Wildman–Crippen MR) is 97.6 cm³/mol. The molecule has 0 aliphatic carbocycles. The standard InChI is InChI=1S/C20H19F3N2O2/c1-4-25(19(26)20(21,22)23)15-7-5-6-14(10-15)18-24-16-11-13(12(2)3)8-9-17(16)27-18/h5-12H,4H2,1-3H3. The number of anilines is 1. The van der Waals surface area contributed by atoms with Gasteiger partial charge in [-0.1, -0.05) is 26.0 Å². The number of halogens is 3. The van der Waals surface area contributed by atoms with Gasteiger partial charge in [-0.15, -0.1) is 0 Å². The Morgan fingerprint density at radius 1 is 1.19 bits per heavy atom. The molecule has 0 spiro atoms. The number of hydrogen-bond donors (Lipinski definition) is 0. The lowest BCUT2D eigenvalue weighted by Gasteiger charge is -2.22. The van der Waals surface area contributed by atoms with Crippen LogP contribution in [-0.2, 0) is 4.79 Å². The van der Waals surface area contributed by atoms with Crippen LogP contribution in [0.2, 0.25) is 0 Å². The Bertz CT molecular complexity index is 977. The molecule has 4 nitrogen and oxygen atoms in total. The number of aromatic nitrogens is 1. The fourth-order valence-electron chi connectivity index (χ4n) is 2.83. The number of nitrogens with zero attached hydrogens (tertiary/aromatic N) is 2. The number of benzene rings is 2. The van der Waals surface area contributed by atoms with E-state index in [1.807, 2.05) is 18.2 Å². The molecule has 3 rings (SSSR count). The molecule has 142 valence electrons. The summed E-state index contributed by atoms with van der Waals surface area (Å²) in [7, 11) is 0. The number of carbonyl (C=O) groups is 1. The molecule has 0 saturated carbocycles. The highest BCUT2D eigenvalue weighted by atomic mass is 19.4. The summed E-state index contributed by atoms with van der Waals surface area (Å²) >= 11 is 0. The molecule has 0 fully saturated rings. The van der Waals surface area contributed by atoms with Crippen molar-refractivity contribution < 1.29 is 22.4 Å². The molecule has 2 aromatic carbocycles. The van der Waals surface area contributed by atoms with Crippen molar-refractivity contribution in [1.82, 2.24) is 4.98 Å². The van der Waals surface area contributed by atoms with Crippen molar-refractivity contribution in [2.75, 3.05) is 11.4 Å². The van der Waals surface area contributed by atoms with Gasteiger partial charge in [0.1, 0.15) is 5.52 Å². The van der Waals surface area contributed by atoms with Gasteiger partial charge in [-0.2, -0.15) is 13.2 Å². The second-order valence-electron chi connectivity index (χ2n) is 6.50. The highest BCUT2D eigenvalue weighted by Gasteiger charge is 2.42. The number of oxazole rings is 1. The van der Waals surface area contributed by atoms with Gasteiger partial charge in [0, 0.05) is 17.8 Å². The summed E-state index contributed by atoms with van der Waals surface area (Å²) in [5, 5.41) is 0. The monoisotopic (exact) mass is 376 g/mol. The lowest BCUT2D eigenvalue weighted by Crippen LogP contribution is -2.41. The summed E-state index contributed by atoms with van der Waals surface area (Å²) in [5.41, 5.74) is 3.04. The molecule has 0 radical (unpaired) electrons. The average Bonchev–Trinajstić information content (AvgIpc) is 3.05. The van der Waals surface area contributed by atoms with Crippen LogP contribution in [-0.4, -0.2) is 23.6 Å². The molecule has 0 bridgehead atoms. The molecule has 0 aliphatic rings. The zero-order valence-corrected chi connectivity index (χ0v) is 15.2. The topological polar surface area (TPSA) is 46.3 Å². The first-order valence-electron chi connectivity index (χ1n) is 8.60. The van der Waals surface area contributed by atoms with Crippen molar-refractivity contribution in [1.29, 1.82) is 0 Å². The summed E-state index contributed by atoms with van der Waals surface area (Å²) in [6.07, 6.45) is -4.93. The predicted octanol–water partition coefficient (Wildman–Crippen LogP) is 5.53. The third-order valence-electron chi connectivity index (χ3n) is 4.29. The van der Waals surface area contributed by atoms with Crippen molar-refractivity contribution in [3.8, 4) is 11.5 Å². The molecular weight excluding hydrogens is 357 g/mol. The summed E-state index contributed by atoms with van der Waals surface area (Å²) in [5.74, 6) is -1.27. The maximum atomic E-state index is 12.8.